The molecule has 1 heterocycles. The van der Waals surface area contributed by atoms with Gasteiger partial charge in [0.25, 0.3) is 5.91 Å². The highest BCUT2D eigenvalue weighted by Crippen LogP contribution is 2.48. The normalized spacial score (nSPS) is 15.3. The molecule has 1 amide bonds. The standard InChI is InChI=1S/C26H29N3O2/c1-5-19-13-23(21-7-6-12-28-24(21)14-19)26(10-11-26)29-25(30)22-15-20(9-8-17(22)2)31-16-18(3)27-4/h5-9,12-15,18,27H,1,10-11,16H2,2-4H3,(H,29,30)/t18-/m0/s1. The van der Waals surface area contributed by atoms with Gasteiger partial charge in [0.15, 0.2) is 0 Å². The van der Waals surface area contributed by atoms with Crippen LogP contribution in [0, 0.1) is 6.92 Å². The molecule has 1 atom stereocenters. The van der Waals surface area contributed by atoms with Crippen molar-refractivity contribution in [3.63, 3.8) is 0 Å². The number of benzene rings is 2. The summed E-state index contributed by atoms with van der Waals surface area (Å²) in [5.41, 5.74) is 4.22. The molecule has 0 unspecified atom stereocenters. The fraction of sp³-hybridized carbons (Fsp3) is 0.308. The summed E-state index contributed by atoms with van der Waals surface area (Å²) in [5, 5.41) is 7.54. The van der Waals surface area contributed by atoms with Gasteiger partial charge in [-0.25, -0.2) is 0 Å². The molecule has 31 heavy (non-hydrogen) atoms. The molecule has 4 rings (SSSR count). The molecule has 0 bridgehead atoms. The number of pyridine rings is 1. The highest BCUT2D eigenvalue weighted by molar-refractivity contribution is 5.97. The molecule has 0 radical (unpaired) electrons. The van der Waals surface area contributed by atoms with E-state index in [2.05, 4.69) is 41.3 Å². The molecule has 2 aromatic carbocycles. The molecule has 1 aromatic heterocycles. The number of aromatic nitrogens is 1. The molecule has 5 heteroatoms. The van der Waals surface area contributed by atoms with Gasteiger partial charge < -0.3 is 15.4 Å². The Morgan fingerprint density at radius 1 is 1.29 bits per heavy atom. The summed E-state index contributed by atoms with van der Waals surface area (Å²) in [6.07, 6.45) is 5.42. The minimum Gasteiger partial charge on any atom is -0.492 e. The maximum atomic E-state index is 13.3. The van der Waals surface area contributed by atoms with E-state index in [0.717, 1.165) is 40.4 Å². The highest BCUT2D eigenvalue weighted by atomic mass is 16.5. The zero-order valence-electron chi connectivity index (χ0n) is 18.4. The van der Waals surface area contributed by atoms with Crippen LogP contribution in [0.5, 0.6) is 5.75 Å². The zero-order valence-corrected chi connectivity index (χ0v) is 18.4. The molecular formula is C26H29N3O2. The van der Waals surface area contributed by atoms with Gasteiger partial charge in [-0.15, -0.1) is 0 Å². The first-order valence-electron chi connectivity index (χ1n) is 10.7. The monoisotopic (exact) mass is 415 g/mol. The summed E-state index contributed by atoms with van der Waals surface area (Å²) >= 11 is 0. The quantitative estimate of drug-likeness (QED) is 0.565. The van der Waals surface area contributed by atoms with Gasteiger partial charge in [0.05, 0.1) is 11.1 Å². The number of amides is 1. The Balaban J connectivity index is 1.62. The minimum absolute atomic E-state index is 0.0804. The van der Waals surface area contributed by atoms with Crippen molar-refractivity contribution in [1.82, 2.24) is 15.6 Å². The van der Waals surface area contributed by atoms with Gasteiger partial charge in [-0.3, -0.25) is 9.78 Å². The van der Waals surface area contributed by atoms with Crippen LogP contribution in [-0.4, -0.2) is 30.6 Å². The summed E-state index contributed by atoms with van der Waals surface area (Å²) in [6, 6.07) is 14.1. The number of carbonyl (C=O) groups is 1. The van der Waals surface area contributed by atoms with Gasteiger partial charge >= 0.3 is 0 Å². The number of ether oxygens (including phenoxy) is 1. The summed E-state index contributed by atoms with van der Waals surface area (Å²) in [6.45, 7) is 8.45. The molecule has 3 aromatic rings. The first kappa shape index (κ1) is 21.1. The predicted molar refractivity (Wildman–Crippen MR) is 125 cm³/mol. The minimum atomic E-state index is -0.374. The van der Waals surface area contributed by atoms with E-state index in [1.165, 1.54) is 0 Å². The number of aryl methyl sites for hydroxylation is 1. The molecule has 2 N–H and O–H groups in total. The molecule has 1 aliphatic rings. The van der Waals surface area contributed by atoms with Gasteiger partial charge in [0.2, 0.25) is 0 Å². The molecule has 1 saturated carbocycles. The lowest BCUT2D eigenvalue weighted by Crippen LogP contribution is -2.35. The number of fused-ring (bicyclic) bond motifs is 1. The topological polar surface area (TPSA) is 63.2 Å². The molecule has 5 nitrogen and oxygen atoms in total. The Bertz CT molecular complexity index is 1130. The maximum Gasteiger partial charge on any atom is 0.252 e. The maximum absolute atomic E-state index is 13.3. The Morgan fingerprint density at radius 2 is 2.10 bits per heavy atom. The number of hydrogen-bond donors (Lipinski definition) is 2. The summed E-state index contributed by atoms with van der Waals surface area (Å²) < 4.78 is 5.86. The van der Waals surface area contributed by atoms with E-state index in [-0.39, 0.29) is 17.5 Å². The van der Waals surface area contributed by atoms with Gasteiger partial charge in [0.1, 0.15) is 12.4 Å². The Morgan fingerprint density at radius 3 is 2.81 bits per heavy atom. The number of likely N-dealkylation sites (N-methyl/N-ethyl adjacent to an activating group) is 1. The van der Waals surface area contributed by atoms with E-state index >= 15 is 0 Å². The van der Waals surface area contributed by atoms with Gasteiger partial charge in [0, 0.05) is 23.2 Å². The van der Waals surface area contributed by atoms with Crippen LogP contribution in [0.15, 0.2) is 55.2 Å². The third-order valence-electron chi connectivity index (χ3n) is 6.04. The zero-order chi connectivity index (χ0) is 22.0. The van der Waals surface area contributed by atoms with E-state index in [1.54, 1.807) is 6.20 Å². The van der Waals surface area contributed by atoms with Crippen molar-refractivity contribution in [2.45, 2.75) is 38.3 Å². The van der Waals surface area contributed by atoms with Crippen molar-refractivity contribution in [2.24, 2.45) is 0 Å². The largest absolute Gasteiger partial charge is 0.492 e. The number of hydrogen-bond acceptors (Lipinski definition) is 4. The molecule has 0 aliphatic heterocycles. The lowest BCUT2D eigenvalue weighted by molar-refractivity contribution is 0.0930. The fourth-order valence-electron chi connectivity index (χ4n) is 3.83. The molecule has 1 fully saturated rings. The van der Waals surface area contributed by atoms with E-state index in [9.17, 15) is 4.79 Å². The van der Waals surface area contributed by atoms with Crippen LogP contribution in [0.1, 0.15) is 46.8 Å². The van der Waals surface area contributed by atoms with Gasteiger partial charge in [-0.1, -0.05) is 24.8 Å². The molecule has 0 saturated heterocycles. The average molecular weight is 416 g/mol. The number of carbonyl (C=O) groups excluding carboxylic acids is 1. The van der Waals surface area contributed by atoms with Crippen molar-refractivity contribution < 1.29 is 9.53 Å². The second-order valence-electron chi connectivity index (χ2n) is 8.36. The van der Waals surface area contributed by atoms with Crippen molar-refractivity contribution in [3.8, 4) is 5.75 Å². The van der Waals surface area contributed by atoms with Crippen LogP contribution in [0.3, 0.4) is 0 Å². The number of nitrogens with zero attached hydrogens (tertiary/aromatic N) is 1. The predicted octanol–water partition coefficient (Wildman–Crippen LogP) is 4.59. The number of rotatable bonds is 8. The van der Waals surface area contributed by atoms with Crippen LogP contribution < -0.4 is 15.4 Å². The third kappa shape index (κ3) is 4.32. The van der Waals surface area contributed by atoms with E-state index < -0.39 is 0 Å². The van der Waals surface area contributed by atoms with Crippen LogP contribution in [0.4, 0.5) is 0 Å². The number of nitrogens with one attached hydrogen (secondary N) is 2. The van der Waals surface area contributed by atoms with Crippen LogP contribution in [0.2, 0.25) is 0 Å². The molecule has 160 valence electrons. The summed E-state index contributed by atoms with van der Waals surface area (Å²) in [7, 11) is 1.90. The summed E-state index contributed by atoms with van der Waals surface area (Å²) in [5.74, 6) is 0.620. The third-order valence-corrected chi connectivity index (χ3v) is 6.04. The van der Waals surface area contributed by atoms with Crippen LogP contribution in [0.25, 0.3) is 17.0 Å². The lowest BCUT2D eigenvalue weighted by Gasteiger charge is -2.21. The highest BCUT2D eigenvalue weighted by Gasteiger charge is 2.47. The first-order valence-corrected chi connectivity index (χ1v) is 10.7. The van der Waals surface area contributed by atoms with E-state index in [0.29, 0.717) is 17.9 Å². The molecule has 1 aliphatic carbocycles. The summed E-state index contributed by atoms with van der Waals surface area (Å²) in [4.78, 5) is 17.8. The van der Waals surface area contributed by atoms with Crippen molar-refractivity contribution >= 4 is 22.9 Å². The molecule has 0 spiro atoms. The smallest absolute Gasteiger partial charge is 0.252 e. The van der Waals surface area contributed by atoms with Crippen molar-refractivity contribution in [2.75, 3.05) is 13.7 Å². The SMILES string of the molecule is C=Cc1cc(C2(NC(=O)c3cc(OC[C@H](C)NC)ccc3C)CC2)c2cccnc2c1. The second kappa shape index (κ2) is 8.52. The lowest BCUT2D eigenvalue weighted by atomic mass is 9.95. The van der Waals surface area contributed by atoms with Gasteiger partial charge in [-0.05, 0) is 80.8 Å². The second-order valence-corrected chi connectivity index (χ2v) is 8.36. The first-order chi connectivity index (χ1) is 15.0. The average Bonchev–Trinajstić information content (AvgIpc) is 3.57. The Hall–Kier alpha value is -3.18. The Kier molecular flexibility index (Phi) is 5.79. The van der Waals surface area contributed by atoms with E-state index in [4.69, 9.17) is 4.74 Å². The van der Waals surface area contributed by atoms with Crippen molar-refractivity contribution in [1.29, 1.82) is 0 Å². The van der Waals surface area contributed by atoms with E-state index in [1.807, 2.05) is 50.4 Å². The van der Waals surface area contributed by atoms with Gasteiger partial charge in [-0.2, -0.15) is 0 Å². The van der Waals surface area contributed by atoms with Crippen LogP contribution >= 0.6 is 0 Å². The van der Waals surface area contributed by atoms with Crippen molar-refractivity contribution in [3.05, 3.63) is 77.5 Å². The Labute approximate surface area is 183 Å². The fourth-order valence-corrected chi connectivity index (χ4v) is 3.83. The molecular weight excluding hydrogens is 386 g/mol. The van der Waals surface area contributed by atoms with Crippen LogP contribution in [-0.2, 0) is 5.54 Å².